The van der Waals surface area contributed by atoms with Gasteiger partial charge in [-0.05, 0) is 84.9 Å². The molecule has 0 aromatic heterocycles. The van der Waals surface area contributed by atoms with E-state index in [2.05, 4.69) is 173 Å². The van der Waals surface area contributed by atoms with Gasteiger partial charge in [0.25, 0.3) is 0 Å². The van der Waals surface area contributed by atoms with Gasteiger partial charge < -0.3 is 0 Å². The fourth-order valence-electron chi connectivity index (χ4n) is 5.74. The molecular weight excluding hydrogens is 1460 g/mol. The van der Waals surface area contributed by atoms with Gasteiger partial charge in [0.15, 0.2) is 26.3 Å². The Labute approximate surface area is 565 Å². The minimum absolute atomic E-state index is 0. The second kappa shape index (κ2) is 39.9. The van der Waals surface area contributed by atoms with Crippen molar-refractivity contribution < 1.29 is 121 Å². The Morgan fingerprint density at radius 1 is 0.283 bits per heavy atom. The molecule has 0 N–H and O–H groups in total. The Hall–Kier alpha value is -11.0. The van der Waals surface area contributed by atoms with Gasteiger partial charge in [-0.15, -0.1) is 0 Å². The van der Waals surface area contributed by atoms with E-state index in [-0.39, 0.29) is 28.2 Å². The van der Waals surface area contributed by atoms with Crippen molar-refractivity contribution in [1.29, 1.82) is 0 Å². The quantitative estimate of drug-likeness (QED) is 0.0476. The number of hydrogen-bond donors (Lipinski definition) is 0. The van der Waals surface area contributed by atoms with Gasteiger partial charge in [0, 0.05) is 37.8 Å². The van der Waals surface area contributed by atoms with Crippen molar-refractivity contribution in [2.24, 2.45) is 0 Å². The maximum atomic E-state index is 13.0. The second-order valence-electron chi connectivity index (χ2n) is 17.1. The van der Waals surface area contributed by atoms with E-state index in [4.69, 9.17) is 25.7 Å². The van der Waals surface area contributed by atoms with Crippen LogP contribution in [0.3, 0.4) is 0 Å². The summed E-state index contributed by atoms with van der Waals surface area (Å²) in [6.45, 7) is 0. The first-order valence-electron chi connectivity index (χ1n) is 25.5. The van der Waals surface area contributed by atoms with Crippen molar-refractivity contribution in [2.45, 2.75) is 73.9 Å². The average Bonchev–Trinajstić information content (AvgIpc) is 0.802. The van der Waals surface area contributed by atoms with Crippen LogP contribution in [-0.4, -0.2) is 76.0 Å². The monoisotopic (exact) mass is 1500 g/mol. The van der Waals surface area contributed by atoms with Crippen LogP contribution in [0, 0.1) is 138 Å². The zero-order chi connectivity index (χ0) is 75.4. The summed E-state index contributed by atoms with van der Waals surface area (Å²) in [5, 5.41) is 0. The first kappa shape index (κ1) is 86.0. The second-order valence-corrected chi connectivity index (χ2v) is 26.4. The number of benzene rings is 6. The first-order valence-corrected chi connectivity index (χ1v) is 32.4. The molecular formula is C70H39F24GaO2S2. The fourth-order valence-corrected chi connectivity index (χ4v) is 11.9. The van der Waals surface area contributed by atoms with E-state index in [1.807, 2.05) is 103 Å². The molecule has 0 spiro atoms. The molecule has 0 fully saturated rings. The normalized spacial score (nSPS) is 10.8. The van der Waals surface area contributed by atoms with Crippen molar-refractivity contribution in [3.63, 3.8) is 0 Å². The first-order chi connectivity index (χ1) is 45.9. The molecule has 0 heterocycles. The van der Waals surface area contributed by atoms with Gasteiger partial charge in [-0.2, -0.15) is 105 Å². The van der Waals surface area contributed by atoms with Crippen LogP contribution < -0.4 is 0 Å². The number of terminal acetylenes is 4. The molecule has 0 radical (unpaired) electrons. The van der Waals surface area contributed by atoms with Crippen LogP contribution in [-0.2, 0) is 10.9 Å². The van der Waals surface area contributed by atoms with Crippen molar-refractivity contribution >= 4 is 49.3 Å². The molecule has 0 saturated heterocycles. The molecule has 2 nitrogen and oxygen atoms in total. The molecule has 1 unspecified atom stereocenters. The van der Waals surface area contributed by atoms with Crippen molar-refractivity contribution in [2.75, 3.05) is 0 Å². The van der Waals surface area contributed by atoms with E-state index in [1.165, 1.54) is 9.79 Å². The van der Waals surface area contributed by atoms with E-state index >= 15 is 0 Å². The van der Waals surface area contributed by atoms with Gasteiger partial charge in [0.2, 0.25) is 0 Å². The van der Waals surface area contributed by atoms with Crippen LogP contribution >= 0.6 is 11.8 Å². The molecule has 0 bridgehead atoms. The number of rotatable bonds is 9. The molecule has 0 amide bonds. The number of hydrogen-bond acceptors (Lipinski definition) is 3. The van der Waals surface area contributed by atoms with E-state index in [1.54, 1.807) is 11.8 Å². The molecule has 1 atom stereocenters. The Morgan fingerprint density at radius 2 is 0.485 bits per heavy atom. The Morgan fingerprint density at radius 3 is 0.727 bits per heavy atom. The molecule has 6 aromatic carbocycles. The van der Waals surface area contributed by atoms with E-state index in [9.17, 15) is 115 Å². The van der Waals surface area contributed by atoms with Crippen LogP contribution in [0.4, 0.5) is 105 Å². The van der Waals surface area contributed by atoms with Crippen LogP contribution in [0.5, 0.6) is 0 Å². The van der Waals surface area contributed by atoms with Gasteiger partial charge in [0.1, 0.15) is 0 Å². The number of halogens is 24. The zero-order valence-corrected chi connectivity index (χ0v) is 52.7. The largest absolute Gasteiger partial charge is 0.487 e. The van der Waals surface area contributed by atoms with Crippen molar-refractivity contribution in [1.82, 2.24) is 0 Å². The van der Waals surface area contributed by atoms with Gasteiger partial charge in [0.05, 0.1) is 10.9 Å². The van der Waals surface area contributed by atoms with Gasteiger partial charge in [-0.1, -0.05) is 90.6 Å². The molecule has 6 rings (SSSR count). The van der Waals surface area contributed by atoms with Gasteiger partial charge in [-0.3, -0.25) is 9.59 Å². The predicted molar refractivity (Wildman–Crippen MR) is 332 cm³/mol. The number of carbonyl (C=O) groups excluding carboxylic acids is 2. The molecule has 6 aromatic rings. The molecule has 0 aliphatic rings. The molecule has 99 heavy (non-hydrogen) atoms. The molecule has 0 saturated carbocycles. The Balaban J connectivity index is -0.000000680. The van der Waals surface area contributed by atoms with E-state index in [0.29, 0.717) is 22.3 Å². The average molecular weight is 1500 g/mol. The fraction of sp³-hybridized carbons (Fsp3) is 0.114. The molecule has 514 valence electrons. The maximum absolute atomic E-state index is 13.0. The molecule has 0 aliphatic carbocycles. The summed E-state index contributed by atoms with van der Waals surface area (Å²) >= 11 is -2.23. The van der Waals surface area contributed by atoms with E-state index < -0.39 is 64.4 Å². The van der Waals surface area contributed by atoms with Crippen LogP contribution in [0.15, 0.2) is 188 Å². The molecule has 29 heteroatoms. The van der Waals surface area contributed by atoms with Crippen LogP contribution in [0.1, 0.15) is 37.5 Å². The standard InChI is InChI=1S/C38H27O2S2.4C6H.4C2F6.Ga.4H2/c39-37(28-10-4-1-5-11-28)30-16-20-32(21-17-30)41-33-22-26-36(27-23-33)42(34-14-8-3-9-15-34)35-24-18-31(19-25-35)38(40)29-12-6-2-7-13-29;4*1-3-5-6-4-2;4*3-1(4,5)2(6,7)8;;;;;/h1-27H;4*1H;;;;;;4*1H/q+1;;;;;;;;;-1;;;;. The predicted octanol–water partition coefficient (Wildman–Crippen LogP) is 19.0. The van der Waals surface area contributed by atoms with Crippen LogP contribution in [0.25, 0.3) is 0 Å². The summed E-state index contributed by atoms with van der Waals surface area (Å²) in [5.74, 6) is 38.6. The smallest absolute Gasteiger partial charge is 0.289 e. The van der Waals surface area contributed by atoms with Gasteiger partial charge >= 0.3 is 203 Å². The Kier molecular flexibility index (Phi) is 34.7. The summed E-state index contributed by atoms with van der Waals surface area (Å²) < 4.78 is 262. The number of carbonyl (C=O) groups is 2. The minimum atomic E-state index is -6.06. The topological polar surface area (TPSA) is 34.1 Å². The van der Waals surface area contributed by atoms with Crippen molar-refractivity contribution in [3.8, 4) is 138 Å². The number of alkyl halides is 24. The van der Waals surface area contributed by atoms with Crippen molar-refractivity contribution in [3.05, 3.63) is 186 Å². The minimum Gasteiger partial charge on any atom is -0.289 e. The third kappa shape index (κ3) is 32.6. The summed E-state index contributed by atoms with van der Waals surface area (Å²) in [4.78, 5) is 31.5. The molecule has 0 aliphatic heterocycles. The zero-order valence-electron chi connectivity index (χ0n) is 48.7. The summed E-state index contributed by atoms with van der Waals surface area (Å²) in [5.41, 5.74) is 2.76. The summed E-state index contributed by atoms with van der Waals surface area (Å²) in [6, 6.07) is 53.7. The Bertz CT molecular complexity index is 4060. The van der Waals surface area contributed by atoms with Crippen LogP contribution in [0.2, 0.25) is 0 Å². The number of ketones is 2. The van der Waals surface area contributed by atoms with Gasteiger partial charge in [-0.25, -0.2) is 0 Å². The summed E-state index contributed by atoms with van der Waals surface area (Å²) in [6.07, 6.45) is -28.3. The third-order valence-corrected chi connectivity index (χ3v) is 18.1. The SMILES string of the molecule is C#CC#CC#[C][Ga-]([C]#CC#CC#C)([C]#CC#CC#C)[C]#CC#CC#C.FC(F)(F)C(F)(F)F.FC(F)(F)C(F)(F)F.FC(F)(F)C(F)(F)F.FC(F)(F)C(F)(F)F.O=C(c1ccccc1)c1ccc(Sc2ccc([S+](c3ccccc3)c3ccc(C(=O)c4ccccc4)cc3)cc2)cc1.[HH].[HH].[HH].[HH]. The van der Waals surface area contributed by atoms with E-state index in [0.717, 1.165) is 14.7 Å². The third-order valence-electron chi connectivity index (χ3n) is 10.0. The summed E-state index contributed by atoms with van der Waals surface area (Å²) in [7, 11) is -0.320. The maximum Gasteiger partial charge on any atom is 0.487 e.